The zero-order valence-corrected chi connectivity index (χ0v) is 10.5. The molecular weight excluding hydrogens is 246 g/mol. The average molecular weight is 259 g/mol. The molecule has 0 saturated heterocycles. The number of nitrogens with zero attached hydrogens (tertiary/aromatic N) is 2. The molecule has 1 heterocycles. The number of carbonyl (C=O) groups excluding carboxylic acids is 1. The van der Waals surface area contributed by atoms with E-state index in [0.29, 0.717) is 16.9 Å². The minimum atomic E-state index is -0.995. The van der Waals surface area contributed by atoms with Crippen LogP contribution in [0.25, 0.3) is 0 Å². The third kappa shape index (κ3) is 2.79. The Kier molecular flexibility index (Phi) is 3.33. The monoisotopic (exact) mass is 259 g/mol. The number of aromatic nitrogens is 2. The molecule has 0 unspecified atom stereocenters. The van der Waals surface area contributed by atoms with Crippen molar-refractivity contribution in [1.29, 1.82) is 0 Å². The van der Waals surface area contributed by atoms with Crippen LogP contribution in [0.3, 0.4) is 0 Å². The second-order valence-electron chi connectivity index (χ2n) is 4.16. The molecule has 0 aliphatic carbocycles. The van der Waals surface area contributed by atoms with Gasteiger partial charge < -0.3 is 10.4 Å². The van der Waals surface area contributed by atoms with E-state index in [4.69, 9.17) is 5.11 Å². The number of hydrogen-bond donors (Lipinski definition) is 2. The summed E-state index contributed by atoms with van der Waals surface area (Å²) in [5.41, 5.74) is 1.75. The molecular formula is C13H13N3O3. The molecule has 2 aromatic rings. The van der Waals surface area contributed by atoms with E-state index in [1.54, 1.807) is 32.3 Å². The number of nitrogens with one attached hydrogen (secondary N) is 1. The van der Waals surface area contributed by atoms with Gasteiger partial charge in [0.1, 0.15) is 0 Å². The van der Waals surface area contributed by atoms with Gasteiger partial charge in [0.2, 0.25) is 0 Å². The van der Waals surface area contributed by atoms with Gasteiger partial charge in [-0.1, -0.05) is 0 Å². The second-order valence-corrected chi connectivity index (χ2v) is 4.16. The van der Waals surface area contributed by atoms with Crippen molar-refractivity contribution >= 4 is 17.6 Å². The maximum atomic E-state index is 11.9. The van der Waals surface area contributed by atoms with Gasteiger partial charge in [-0.15, -0.1) is 0 Å². The third-order valence-electron chi connectivity index (χ3n) is 2.67. The molecule has 0 bridgehead atoms. The van der Waals surface area contributed by atoms with E-state index in [1.807, 2.05) is 0 Å². The molecule has 98 valence electrons. The number of carbonyl (C=O) groups is 2. The number of amides is 1. The van der Waals surface area contributed by atoms with E-state index >= 15 is 0 Å². The molecule has 0 aliphatic heterocycles. The molecule has 6 heteroatoms. The van der Waals surface area contributed by atoms with Crippen molar-refractivity contribution in [2.75, 3.05) is 5.32 Å². The smallest absolute Gasteiger partial charge is 0.335 e. The van der Waals surface area contributed by atoms with Crippen LogP contribution in [0.4, 0.5) is 5.69 Å². The number of anilines is 1. The van der Waals surface area contributed by atoms with Gasteiger partial charge in [0.05, 0.1) is 5.56 Å². The summed E-state index contributed by atoms with van der Waals surface area (Å²) in [5.74, 6) is -1.32. The Morgan fingerprint density at radius 1 is 1.32 bits per heavy atom. The SMILES string of the molecule is Cc1cc(C(=O)O)ccc1NC(=O)c1ccn(C)n1. The largest absolute Gasteiger partial charge is 0.478 e. The predicted molar refractivity (Wildman–Crippen MR) is 69.3 cm³/mol. The molecule has 2 N–H and O–H groups in total. The van der Waals surface area contributed by atoms with Gasteiger partial charge in [-0.2, -0.15) is 5.10 Å². The third-order valence-corrected chi connectivity index (χ3v) is 2.67. The van der Waals surface area contributed by atoms with E-state index in [9.17, 15) is 9.59 Å². The lowest BCUT2D eigenvalue weighted by Gasteiger charge is -2.07. The van der Waals surface area contributed by atoms with Crippen LogP contribution in [0, 0.1) is 6.92 Å². The van der Waals surface area contributed by atoms with Crippen molar-refractivity contribution < 1.29 is 14.7 Å². The summed E-state index contributed by atoms with van der Waals surface area (Å²) < 4.78 is 1.54. The highest BCUT2D eigenvalue weighted by atomic mass is 16.4. The van der Waals surface area contributed by atoms with Gasteiger partial charge in [-0.3, -0.25) is 9.48 Å². The number of rotatable bonds is 3. The molecule has 0 fully saturated rings. The van der Waals surface area contributed by atoms with E-state index < -0.39 is 5.97 Å². The summed E-state index contributed by atoms with van der Waals surface area (Å²) in [7, 11) is 1.73. The van der Waals surface area contributed by atoms with Crippen LogP contribution in [-0.2, 0) is 7.05 Å². The first-order valence-electron chi connectivity index (χ1n) is 5.62. The topological polar surface area (TPSA) is 84.2 Å². The molecule has 1 amide bonds. The van der Waals surface area contributed by atoms with Crippen LogP contribution >= 0.6 is 0 Å². The van der Waals surface area contributed by atoms with Crippen molar-refractivity contribution in [3.05, 3.63) is 47.3 Å². The molecule has 0 aliphatic rings. The van der Waals surface area contributed by atoms with Crippen molar-refractivity contribution in [1.82, 2.24) is 9.78 Å². The normalized spacial score (nSPS) is 10.2. The van der Waals surface area contributed by atoms with Crippen molar-refractivity contribution in [3.8, 4) is 0 Å². The lowest BCUT2D eigenvalue weighted by atomic mass is 10.1. The van der Waals surface area contributed by atoms with Gasteiger partial charge in [0, 0.05) is 18.9 Å². The molecule has 1 aromatic heterocycles. The summed E-state index contributed by atoms with van der Waals surface area (Å²) in [6.45, 7) is 1.74. The lowest BCUT2D eigenvalue weighted by Crippen LogP contribution is -2.14. The molecule has 1 aromatic carbocycles. The number of benzene rings is 1. The van der Waals surface area contributed by atoms with E-state index in [1.165, 1.54) is 16.8 Å². The van der Waals surface area contributed by atoms with Crippen molar-refractivity contribution in [2.45, 2.75) is 6.92 Å². The standard InChI is InChI=1S/C13H13N3O3/c1-8-7-9(13(18)19)3-4-10(8)14-12(17)11-5-6-16(2)15-11/h3-7H,1-2H3,(H,14,17)(H,18,19). The van der Waals surface area contributed by atoms with Crippen LogP contribution in [0.5, 0.6) is 0 Å². The summed E-state index contributed by atoms with van der Waals surface area (Å²) in [5, 5.41) is 15.6. The van der Waals surface area contributed by atoms with Gasteiger partial charge >= 0.3 is 5.97 Å². The molecule has 2 rings (SSSR count). The van der Waals surface area contributed by atoms with Gasteiger partial charge in [0.15, 0.2) is 5.69 Å². The molecule has 19 heavy (non-hydrogen) atoms. The van der Waals surface area contributed by atoms with Crippen molar-refractivity contribution in [3.63, 3.8) is 0 Å². The Labute approximate surface area is 109 Å². The average Bonchev–Trinajstić information content (AvgIpc) is 2.78. The Morgan fingerprint density at radius 2 is 2.05 bits per heavy atom. The van der Waals surface area contributed by atoms with Crippen LogP contribution < -0.4 is 5.32 Å². The molecule has 6 nitrogen and oxygen atoms in total. The summed E-state index contributed by atoms with van der Waals surface area (Å²) >= 11 is 0. The quantitative estimate of drug-likeness (QED) is 0.878. The van der Waals surface area contributed by atoms with Crippen LogP contribution in [0.2, 0.25) is 0 Å². The first-order chi connectivity index (χ1) is 8.97. The Balaban J connectivity index is 2.20. The molecule has 0 atom stereocenters. The van der Waals surface area contributed by atoms with Gasteiger partial charge in [-0.05, 0) is 36.8 Å². The predicted octanol–water partition coefficient (Wildman–Crippen LogP) is 1.68. The number of aryl methyl sites for hydroxylation is 2. The fourth-order valence-electron chi connectivity index (χ4n) is 1.66. The van der Waals surface area contributed by atoms with Crippen LogP contribution in [0.15, 0.2) is 30.5 Å². The maximum Gasteiger partial charge on any atom is 0.335 e. The van der Waals surface area contributed by atoms with E-state index in [-0.39, 0.29) is 11.5 Å². The maximum absolute atomic E-state index is 11.9. The Hall–Kier alpha value is -2.63. The number of aromatic carboxylic acids is 1. The van der Waals surface area contributed by atoms with Crippen molar-refractivity contribution in [2.24, 2.45) is 7.05 Å². The number of carboxylic acid groups (broad SMARTS) is 1. The van der Waals surface area contributed by atoms with Gasteiger partial charge in [-0.25, -0.2) is 4.79 Å². The van der Waals surface area contributed by atoms with Crippen LogP contribution in [-0.4, -0.2) is 26.8 Å². The first-order valence-corrected chi connectivity index (χ1v) is 5.62. The van der Waals surface area contributed by atoms with Crippen LogP contribution in [0.1, 0.15) is 26.4 Å². The summed E-state index contributed by atoms with van der Waals surface area (Å²) in [4.78, 5) is 22.7. The summed E-state index contributed by atoms with van der Waals surface area (Å²) in [6, 6.07) is 6.13. The zero-order valence-electron chi connectivity index (χ0n) is 10.5. The Morgan fingerprint density at radius 3 is 2.58 bits per heavy atom. The van der Waals surface area contributed by atoms with Gasteiger partial charge in [0.25, 0.3) is 5.91 Å². The molecule has 0 radical (unpaired) electrons. The minimum Gasteiger partial charge on any atom is -0.478 e. The molecule has 0 saturated carbocycles. The zero-order chi connectivity index (χ0) is 14.0. The highest BCUT2D eigenvalue weighted by Crippen LogP contribution is 2.17. The fourth-order valence-corrected chi connectivity index (χ4v) is 1.66. The fraction of sp³-hybridized carbons (Fsp3) is 0.154. The highest BCUT2D eigenvalue weighted by molar-refractivity contribution is 6.03. The second kappa shape index (κ2) is 4.93. The summed E-state index contributed by atoms with van der Waals surface area (Å²) in [6.07, 6.45) is 1.68. The number of hydrogen-bond acceptors (Lipinski definition) is 3. The Bertz CT molecular complexity index is 646. The first kappa shape index (κ1) is 12.8. The van der Waals surface area contributed by atoms with E-state index in [0.717, 1.165) is 0 Å². The lowest BCUT2D eigenvalue weighted by molar-refractivity contribution is 0.0696. The highest BCUT2D eigenvalue weighted by Gasteiger charge is 2.11. The molecule has 0 spiro atoms. The minimum absolute atomic E-state index is 0.188. The van der Waals surface area contributed by atoms with E-state index in [2.05, 4.69) is 10.4 Å². The number of carboxylic acids is 1.